The zero-order valence-electron chi connectivity index (χ0n) is 11.1. The minimum atomic E-state index is -2.90. The van der Waals surface area contributed by atoms with Gasteiger partial charge in [0.15, 0.2) is 9.84 Å². The van der Waals surface area contributed by atoms with Crippen LogP contribution in [0.25, 0.3) is 9.88 Å². The number of carbonyl (C=O) groups excluding carboxylic acids is 1. The summed E-state index contributed by atoms with van der Waals surface area (Å²) in [5.41, 5.74) is 0.393. The van der Waals surface area contributed by atoms with Crippen LogP contribution in [0.2, 0.25) is 0 Å². The van der Waals surface area contributed by atoms with Crippen LogP contribution in [0, 0.1) is 5.92 Å². The van der Waals surface area contributed by atoms with Gasteiger partial charge in [-0.2, -0.15) is 0 Å². The molecule has 1 fully saturated rings. The third kappa shape index (κ3) is 3.50. The number of aromatic nitrogens is 1. The smallest absolute Gasteiger partial charge is 0.270 e. The number of nitrogens with one attached hydrogen (secondary N) is 1. The SMILES string of the molecule is O=C(NCC1CCS(=O)(=O)C1)c1csc(-c2cccs2)n1. The van der Waals surface area contributed by atoms with E-state index in [1.165, 1.54) is 11.3 Å². The average Bonchev–Trinajstić information content (AvgIpc) is 3.15. The number of rotatable bonds is 4. The van der Waals surface area contributed by atoms with E-state index in [9.17, 15) is 13.2 Å². The minimum absolute atomic E-state index is 0.0225. The number of carbonyl (C=O) groups is 1. The van der Waals surface area contributed by atoms with Crippen molar-refractivity contribution in [1.29, 1.82) is 0 Å². The number of thiazole rings is 1. The Hall–Kier alpha value is -1.25. The number of amides is 1. The molecule has 1 N–H and O–H groups in total. The molecule has 1 unspecified atom stereocenters. The molecule has 0 radical (unpaired) electrons. The van der Waals surface area contributed by atoms with E-state index in [4.69, 9.17) is 0 Å². The van der Waals surface area contributed by atoms with Gasteiger partial charge >= 0.3 is 0 Å². The summed E-state index contributed by atoms with van der Waals surface area (Å²) in [7, 11) is -2.90. The lowest BCUT2D eigenvalue weighted by atomic mass is 10.1. The highest BCUT2D eigenvalue weighted by Gasteiger charge is 2.28. The van der Waals surface area contributed by atoms with Gasteiger partial charge in [0.05, 0.1) is 16.4 Å². The van der Waals surface area contributed by atoms with E-state index in [1.54, 1.807) is 16.7 Å². The second-order valence-corrected chi connectivity index (χ2v) is 9.03. The standard InChI is InChI=1S/C13H14N2O3S3/c16-12(14-6-9-3-5-21(17,18)8-9)10-7-20-13(15-10)11-2-1-4-19-11/h1-2,4,7,9H,3,5-6,8H2,(H,14,16). The molecule has 0 aromatic carbocycles. The van der Waals surface area contributed by atoms with E-state index >= 15 is 0 Å². The highest BCUT2D eigenvalue weighted by molar-refractivity contribution is 7.91. The normalized spacial score (nSPS) is 20.5. The van der Waals surface area contributed by atoms with Gasteiger partial charge in [-0.25, -0.2) is 13.4 Å². The Morgan fingerprint density at radius 2 is 2.29 bits per heavy atom. The molecule has 0 spiro atoms. The Balaban J connectivity index is 1.59. The number of hydrogen-bond donors (Lipinski definition) is 1. The number of nitrogens with zero attached hydrogens (tertiary/aromatic N) is 1. The lowest BCUT2D eigenvalue weighted by Crippen LogP contribution is -2.30. The van der Waals surface area contributed by atoms with Crippen molar-refractivity contribution in [2.45, 2.75) is 6.42 Å². The Bertz CT molecular complexity index is 735. The van der Waals surface area contributed by atoms with Crippen LogP contribution in [0.4, 0.5) is 0 Å². The van der Waals surface area contributed by atoms with E-state index in [-0.39, 0.29) is 23.3 Å². The van der Waals surface area contributed by atoms with Gasteiger partial charge in [-0.1, -0.05) is 6.07 Å². The summed E-state index contributed by atoms with van der Waals surface area (Å²) < 4.78 is 22.7. The van der Waals surface area contributed by atoms with Crippen molar-refractivity contribution in [3.8, 4) is 9.88 Å². The van der Waals surface area contributed by atoms with Crippen LogP contribution < -0.4 is 5.32 Å². The molecule has 1 amide bonds. The lowest BCUT2D eigenvalue weighted by Gasteiger charge is -2.08. The Morgan fingerprint density at radius 1 is 1.43 bits per heavy atom. The zero-order chi connectivity index (χ0) is 14.9. The topological polar surface area (TPSA) is 76.1 Å². The fourth-order valence-electron chi connectivity index (χ4n) is 2.25. The molecule has 1 aliphatic rings. The first kappa shape index (κ1) is 14.7. The summed E-state index contributed by atoms with van der Waals surface area (Å²) in [5.74, 6) is 0.185. The minimum Gasteiger partial charge on any atom is -0.350 e. The lowest BCUT2D eigenvalue weighted by molar-refractivity contribution is 0.0944. The van der Waals surface area contributed by atoms with Crippen LogP contribution in [0.5, 0.6) is 0 Å². The van der Waals surface area contributed by atoms with Gasteiger partial charge < -0.3 is 5.32 Å². The van der Waals surface area contributed by atoms with Crippen molar-refractivity contribution < 1.29 is 13.2 Å². The maximum Gasteiger partial charge on any atom is 0.270 e. The van der Waals surface area contributed by atoms with Crippen LogP contribution in [0.3, 0.4) is 0 Å². The van der Waals surface area contributed by atoms with Crippen molar-refractivity contribution in [3.63, 3.8) is 0 Å². The summed E-state index contributed by atoms with van der Waals surface area (Å²) >= 11 is 3.02. The van der Waals surface area contributed by atoms with E-state index in [2.05, 4.69) is 10.3 Å². The zero-order valence-corrected chi connectivity index (χ0v) is 13.6. The van der Waals surface area contributed by atoms with Crippen molar-refractivity contribution in [3.05, 3.63) is 28.6 Å². The maximum absolute atomic E-state index is 12.0. The molecular formula is C13H14N2O3S3. The molecule has 21 heavy (non-hydrogen) atoms. The molecule has 0 saturated carbocycles. The van der Waals surface area contributed by atoms with Crippen molar-refractivity contribution >= 4 is 38.4 Å². The molecule has 1 atom stereocenters. The molecule has 2 aromatic heterocycles. The second kappa shape index (κ2) is 5.86. The predicted octanol–water partition coefficient (Wildman–Crippen LogP) is 2.04. The van der Waals surface area contributed by atoms with Crippen LogP contribution in [-0.4, -0.2) is 37.4 Å². The predicted molar refractivity (Wildman–Crippen MR) is 84.5 cm³/mol. The fourth-order valence-corrected chi connectivity index (χ4v) is 5.73. The largest absolute Gasteiger partial charge is 0.350 e. The average molecular weight is 342 g/mol. The third-order valence-corrected chi connectivity index (χ3v) is 7.07. The van der Waals surface area contributed by atoms with Gasteiger partial charge in [-0.15, -0.1) is 22.7 Å². The van der Waals surface area contributed by atoms with E-state index in [1.807, 2.05) is 17.5 Å². The Kier molecular flexibility index (Phi) is 4.10. The Labute approximate surface area is 131 Å². The fraction of sp³-hybridized carbons (Fsp3) is 0.385. The summed E-state index contributed by atoms with van der Waals surface area (Å²) in [6.45, 7) is 0.393. The molecule has 112 valence electrons. The molecule has 3 heterocycles. The second-order valence-electron chi connectivity index (χ2n) is 4.99. The molecule has 0 aliphatic carbocycles. The highest BCUT2D eigenvalue weighted by Crippen LogP contribution is 2.27. The third-order valence-electron chi connectivity index (χ3n) is 3.35. The van der Waals surface area contributed by atoms with E-state index in [0.717, 1.165) is 9.88 Å². The van der Waals surface area contributed by atoms with Crippen molar-refractivity contribution in [2.75, 3.05) is 18.1 Å². The molecule has 1 saturated heterocycles. The first-order valence-corrected chi connectivity index (χ1v) is 10.1. The van der Waals surface area contributed by atoms with Crippen molar-refractivity contribution in [2.24, 2.45) is 5.92 Å². The van der Waals surface area contributed by atoms with Crippen LogP contribution >= 0.6 is 22.7 Å². The molecule has 0 bridgehead atoms. The molecule has 5 nitrogen and oxygen atoms in total. The summed E-state index contributed by atoms with van der Waals surface area (Å²) in [5, 5.41) is 7.31. The van der Waals surface area contributed by atoms with Gasteiger partial charge in [-0.3, -0.25) is 4.79 Å². The first-order chi connectivity index (χ1) is 10.0. The van der Waals surface area contributed by atoms with Gasteiger partial charge in [-0.05, 0) is 23.8 Å². The van der Waals surface area contributed by atoms with Crippen LogP contribution in [0.1, 0.15) is 16.9 Å². The number of sulfone groups is 1. The van der Waals surface area contributed by atoms with Gasteiger partial charge in [0, 0.05) is 11.9 Å². The molecule has 1 aliphatic heterocycles. The maximum atomic E-state index is 12.0. The van der Waals surface area contributed by atoms with E-state index < -0.39 is 9.84 Å². The summed E-state index contributed by atoms with van der Waals surface area (Å²) in [6, 6.07) is 3.91. The Morgan fingerprint density at radius 3 is 2.95 bits per heavy atom. The van der Waals surface area contributed by atoms with Crippen molar-refractivity contribution in [1.82, 2.24) is 10.3 Å². The number of thiophene rings is 1. The molecular weight excluding hydrogens is 328 g/mol. The van der Waals surface area contributed by atoms with E-state index in [0.29, 0.717) is 18.7 Å². The molecule has 8 heteroatoms. The highest BCUT2D eigenvalue weighted by atomic mass is 32.2. The monoisotopic (exact) mass is 342 g/mol. The summed E-state index contributed by atoms with van der Waals surface area (Å²) in [6.07, 6.45) is 0.625. The molecule has 3 rings (SSSR count). The quantitative estimate of drug-likeness (QED) is 0.922. The van der Waals surface area contributed by atoms with Crippen LogP contribution in [0.15, 0.2) is 22.9 Å². The van der Waals surface area contributed by atoms with Gasteiger partial charge in [0.25, 0.3) is 5.91 Å². The summed E-state index contributed by atoms with van der Waals surface area (Å²) in [4.78, 5) is 17.4. The van der Waals surface area contributed by atoms with Gasteiger partial charge in [0.2, 0.25) is 0 Å². The molecule has 2 aromatic rings. The first-order valence-electron chi connectivity index (χ1n) is 6.51. The number of hydrogen-bond acceptors (Lipinski definition) is 6. The van der Waals surface area contributed by atoms with Crippen LogP contribution in [-0.2, 0) is 9.84 Å². The van der Waals surface area contributed by atoms with Gasteiger partial charge in [0.1, 0.15) is 10.7 Å².